The predicted molar refractivity (Wildman–Crippen MR) is 129 cm³/mol. The molecule has 2 saturated heterocycles. The molecule has 2 fully saturated rings. The van der Waals surface area contributed by atoms with Crippen LogP contribution in [0.5, 0.6) is 0 Å². The van der Waals surface area contributed by atoms with Gasteiger partial charge < -0.3 is 10.1 Å². The number of nitrogens with zero attached hydrogens (tertiary/aromatic N) is 5. The van der Waals surface area contributed by atoms with E-state index in [-0.39, 0.29) is 12.2 Å². The minimum Gasteiger partial charge on any atom is -0.373 e. The van der Waals surface area contributed by atoms with Crippen molar-refractivity contribution in [3.05, 3.63) is 33.8 Å². The Labute approximate surface area is 198 Å². The minimum absolute atomic E-state index is 0.0936. The maximum Gasteiger partial charge on any atom is 0.282 e. The summed E-state index contributed by atoms with van der Waals surface area (Å²) < 4.78 is 37.5. The van der Waals surface area contributed by atoms with Gasteiger partial charge >= 0.3 is 0 Å². The second kappa shape index (κ2) is 9.84. The maximum atomic E-state index is 13.1. The lowest BCUT2D eigenvalue weighted by molar-refractivity contribution is -0.0458. The largest absolute Gasteiger partial charge is 0.373 e. The van der Waals surface area contributed by atoms with Gasteiger partial charge in [-0.1, -0.05) is 23.5 Å². The SMILES string of the molecule is Cc1cccc(Nc2nn(CN3CCN(S(=O)(=O)N4CC(C)OC(C)C4)CC3)c(=S)s2)c1. The van der Waals surface area contributed by atoms with Gasteiger partial charge in [0, 0.05) is 45.0 Å². The molecular formula is C20H30N6O3S3. The van der Waals surface area contributed by atoms with Crippen LogP contribution in [0.4, 0.5) is 10.8 Å². The lowest BCUT2D eigenvalue weighted by atomic mass is 10.2. The fourth-order valence-corrected chi connectivity index (χ4v) is 6.83. The molecule has 3 heterocycles. The van der Waals surface area contributed by atoms with Gasteiger partial charge in [-0.2, -0.15) is 17.0 Å². The van der Waals surface area contributed by atoms with Crippen molar-refractivity contribution in [3.8, 4) is 0 Å². The molecule has 0 bridgehead atoms. The summed E-state index contributed by atoms with van der Waals surface area (Å²) in [5, 5.41) is 8.67. The number of aromatic nitrogens is 2. The monoisotopic (exact) mass is 498 g/mol. The third-order valence-corrected chi connectivity index (χ3v) is 8.77. The molecule has 1 N–H and O–H groups in total. The number of nitrogens with one attached hydrogen (secondary N) is 1. The Hall–Kier alpha value is -1.41. The van der Waals surface area contributed by atoms with Gasteiger partial charge in [-0.15, -0.1) is 5.10 Å². The number of rotatable bonds is 6. The lowest BCUT2D eigenvalue weighted by Gasteiger charge is -2.40. The molecule has 0 amide bonds. The summed E-state index contributed by atoms with van der Waals surface area (Å²) in [5.74, 6) is 0. The molecule has 0 spiro atoms. The molecule has 176 valence electrons. The highest BCUT2D eigenvalue weighted by Gasteiger charge is 2.36. The number of morpholine rings is 1. The Kier molecular flexibility index (Phi) is 7.30. The molecule has 2 unspecified atom stereocenters. The van der Waals surface area contributed by atoms with Crippen molar-refractivity contribution < 1.29 is 13.2 Å². The molecule has 4 rings (SSSR count). The quantitative estimate of drug-likeness (QED) is 0.613. The summed E-state index contributed by atoms with van der Waals surface area (Å²) in [4.78, 5) is 2.18. The molecule has 12 heteroatoms. The first kappa shape index (κ1) is 23.7. The normalized spacial score (nSPS) is 24.0. The van der Waals surface area contributed by atoms with Crippen molar-refractivity contribution in [2.24, 2.45) is 0 Å². The number of aryl methyl sites for hydroxylation is 1. The highest BCUT2D eigenvalue weighted by atomic mass is 32.2. The van der Waals surface area contributed by atoms with Gasteiger partial charge in [0.15, 0.2) is 3.95 Å². The number of hydrogen-bond acceptors (Lipinski definition) is 8. The van der Waals surface area contributed by atoms with E-state index in [0.29, 0.717) is 49.9 Å². The zero-order chi connectivity index (χ0) is 22.9. The van der Waals surface area contributed by atoms with Crippen LogP contribution in [0.25, 0.3) is 0 Å². The summed E-state index contributed by atoms with van der Waals surface area (Å²) in [6.07, 6.45) is -0.187. The summed E-state index contributed by atoms with van der Waals surface area (Å²) in [7, 11) is -3.48. The van der Waals surface area contributed by atoms with Crippen LogP contribution in [0.3, 0.4) is 0 Å². The molecule has 0 saturated carbocycles. The van der Waals surface area contributed by atoms with Gasteiger partial charge in [-0.3, -0.25) is 4.90 Å². The second-order valence-corrected chi connectivity index (χ2v) is 12.0. The first-order chi connectivity index (χ1) is 15.2. The van der Waals surface area contributed by atoms with Gasteiger partial charge in [-0.05, 0) is 50.7 Å². The molecule has 32 heavy (non-hydrogen) atoms. The molecule has 0 radical (unpaired) electrons. The van der Waals surface area contributed by atoms with E-state index < -0.39 is 10.2 Å². The Balaban J connectivity index is 1.34. The van der Waals surface area contributed by atoms with Crippen molar-refractivity contribution in [1.82, 2.24) is 23.3 Å². The highest BCUT2D eigenvalue weighted by Crippen LogP contribution is 2.22. The van der Waals surface area contributed by atoms with Crippen LogP contribution in [0, 0.1) is 10.9 Å². The van der Waals surface area contributed by atoms with Crippen LogP contribution in [0.2, 0.25) is 0 Å². The first-order valence-electron chi connectivity index (χ1n) is 10.8. The van der Waals surface area contributed by atoms with E-state index in [1.807, 2.05) is 39.0 Å². The summed E-state index contributed by atoms with van der Waals surface area (Å²) in [6.45, 7) is 9.39. The van der Waals surface area contributed by atoms with Crippen molar-refractivity contribution in [2.75, 3.05) is 44.6 Å². The molecule has 2 aliphatic rings. The smallest absolute Gasteiger partial charge is 0.282 e. The van der Waals surface area contributed by atoms with Crippen molar-refractivity contribution in [3.63, 3.8) is 0 Å². The average molecular weight is 499 g/mol. The molecule has 1 aromatic heterocycles. The number of anilines is 2. The third-order valence-electron chi connectivity index (χ3n) is 5.58. The van der Waals surface area contributed by atoms with E-state index in [0.717, 1.165) is 10.8 Å². The molecule has 2 aromatic rings. The van der Waals surface area contributed by atoms with E-state index >= 15 is 0 Å². The topological polar surface area (TPSA) is 82.9 Å². The van der Waals surface area contributed by atoms with Crippen molar-refractivity contribution >= 4 is 44.6 Å². The van der Waals surface area contributed by atoms with E-state index in [9.17, 15) is 8.42 Å². The zero-order valence-corrected chi connectivity index (χ0v) is 21.0. The lowest BCUT2D eigenvalue weighted by Crippen LogP contribution is -2.57. The molecule has 1 aromatic carbocycles. The summed E-state index contributed by atoms with van der Waals surface area (Å²) >= 11 is 6.93. The van der Waals surface area contributed by atoms with Crippen molar-refractivity contribution in [2.45, 2.75) is 39.6 Å². The van der Waals surface area contributed by atoms with Crippen LogP contribution in [0.1, 0.15) is 19.4 Å². The van der Waals surface area contributed by atoms with Gasteiger partial charge in [0.1, 0.15) is 0 Å². The number of ether oxygens (including phenoxy) is 1. The van der Waals surface area contributed by atoms with Crippen LogP contribution in [-0.4, -0.2) is 83.2 Å². The number of hydrogen-bond donors (Lipinski definition) is 1. The zero-order valence-electron chi connectivity index (χ0n) is 18.6. The van der Waals surface area contributed by atoms with Crippen LogP contribution in [0.15, 0.2) is 24.3 Å². The Morgan fingerprint density at radius 1 is 1.16 bits per heavy atom. The Bertz CT molecular complexity index is 1080. The third kappa shape index (κ3) is 5.56. The van der Waals surface area contributed by atoms with E-state index in [2.05, 4.69) is 21.4 Å². The number of piperazine rings is 1. The summed E-state index contributed by atoms with van der Waals surface area (Å²) in [5.41, 5.74) is 2.15. The minimum atomic E-state index is -3.48. The van der Waals surface area contributed by atoms with Crippen molar-refractivity contribution in [1.29, 1.82) is 0 Å². The molecule has 2 aliphatic heterocycles. The average Bonchev–Trinajstić information content (AvgIpc) is 3.06. The fourth-order valence-electron chi connectivity index (χ4n) is 4.07. The maximum absolute atomic E-state index is 13.1. The van der Waals surface area contributed by atoms with Gasteiger partial charge in [0.2, 0.25) is 5.13 Å². The summed E-state index contributed by atoms with van der Waals surface area (Å²) in [6, 6.07) is 8.10. The van der Waals surface area contributed by atoms with E-state index in [1.165, 1.54) is 16.9 Å². The molecule has 2 atom stereocenters. The van der Waals surface area contributed by atoms with Crippen LogP contribution >= 0.6 is 23.6 Å². The van der Waals surface area contributed by atoms with Gasteiger partial charge in [0.05, 0.1) is 18.9 Å². The van der Waals surface area contributed by atoms with E-state index in [1.54, 1.807) is 13.3 Å². The first-order valence-corrected chi connectivity index (χ1v) is 13.4. The highest BCUT2D eigenvalue weighted by molar-refractivity contribution is 7.86. The Morgan fingerprint density at radius 2 is 1.84 bits per heavy atom. The predicted octanol–water partition coefficient (Wildman–Crippen LogP) is 2.66. The molecular weight excluding hydrogens is 468 g/mol. The van der Waals surface area contributed by atoms with E-state index in [4.69, 9.17) is 17.0 Å². The molecule has 9 nitrogen and oxygen atoms in total. The Morgan fingerprint density at radius 3 is 2.50 bits per heavy atom. The van der Waals surface area contributed by atoms with Crippen LogP contribution < -0.4 is 5.32 Å². The molecule has 0 aliphatic carbocycles. The van der Waals surface area contributed by atoms with Crippen LogP contribution in [-0.2, 0) is 21.6 Å². The fraction of sp³-hybridized carbons (Fsp3) is 0.600. The van der Waals surface area contributed by atoms with Gasteiger partial charge in [0.25, 0.3) is 10.2 Å². The standard InChI is InChI=1S/C20H30N6O3S3/c1-15-5-4-6-18(11-15)21-19-22-26(20(30)31-19)14-23-7-9-24(10-8-23)32(27,28)25-12-16(2)29-17(3)13-25/h4-6,11,16-17H,7-10,12-14H2,1-3H3,(H,21,22). The van der Waals surface area contributed by atoms with Gasteiger partial charge in [-0.25, -0.2) is 4.68 Å². The number of benzene rings is 1. The second-order valence-electron chi connectivity index (χ2n) is 8.41.